The topological polar surface area (TPSA) is 60.2 Å². The van der Waals surface area contributed by atoms with Crippen LogP contribution in [0.25, 0.3) is 0 Å². The molecule has 0 spiro atoms. The first-order chi connectivity index (χ1) is 7.88. The summed E-state index contributed by atoms with van der Waals surface area (Å²) in [4.78, 5) is 0. The third-order valence-electron chi connectivity index (χ3n) is 2.79. The molecule has 17 heavy (non-hydrogen) atoms. The van der Waals surface area contributed by atoms with Gasteiger partial charge in [0.25, 0.3) is 0 Å². The van der Waals surface area contributed by atoms with E-state index < -0.39 is 8.26 Å². The molecule has 0 bridgehead atoms. The van der Waals surface area contributed by atoms with Gasteiger partial charge in [-0.3, -0.25) is 0 Å². The second kappa shape index (κ2) is 6.47. The lowest BCUT2D eigenvalue weighted by Crippen LogP contribution is -1.97. The van der Waals surface area contributed by atoms with Gasteiger partial charge >= 0.3 is 8.26 Å². The highest BCUT2D eigenvalue weighted by atomic mass is 36.0. The highest BCUT2D eigenvalue weighted by Gasteiger charge is 2.18. The maximum atomic E-state index is 9.16. The van der Waals surface area contributed by atoms with Crippen molar-refractivity contribution in [2.45, 2.75) is 31.6 Å². The molecule has 1 saturated carbocycles. The molecule has 2 rings (SSSR count). The number of para-hydroxylation sites is 1. The van der Waals surface area contributed by atoms with Crippen molar-refractivity contribution in [2.24, 2.45) is 0 Å². The van der Waals surface area contributed by atoms with Crippen LogP contribution in [0.5, 0.6) is 0 Å². The Morgan fingerprint density at radius 2 is 1.59 bits per heavy atom. The Balaban J connectivity index is 0.000000249. The smallest absolute Gasteiger partial charge is 0.317 e. The van der Waals surface area contributed by atoms with Crippen LogP contribution in [-0.4, -0.2) is 8.42 Å². The van der Waals surface area contributed by atoms with Gasteiger partial charge in [0.05, 0.1) is 0 Å². The minimum absolute atomic E-state index is 0.742. The van der Waals surface area contributed by atoms with Crippen molar-refractivity contribution in [3.05, 3.63) is 29.8 Å². The molecule has 0 aromatic heterocycles. The predicted octanol–water partition coefficient (Wildman–Crippen LogP) is 3.64. The third kappa shape index (κ3) is 6.15. The average Bonchev–Trinajstić information content (AvgIpc) is 2.68. The average molecular weight is 296 g/mol. The van der Waals surface area contributed by atoms with Crippen LogP contribution in [0.4, 0.5) is 5.69 Å². The summed E-state index contributed by atoms with van der Waals surface area (Å²) in [6.45, 7) is 0. The largest absolute Gasteiger partial charge is 0.398 e. The number of nitrogen functional groups attached to an aromatic ring is 1. The van der Waals surface area contributed by atoms with Gasteiger partial charge in [-0.25, -0.2) is 0 Å². The summed E-state index contributed by atoms with van der Waals surface area (Å²) in [6.07, 6.45) is 5.40. The summed E-state index contributed by atoms with van der Waals surface area (Å²) < 4.78 is 18.3. The Labute approximate surface area is 111 Å². The van der Waals surface area contributed by atoms with Crippen molar-refractivity contribution in [3.8, 4) is 0 Å². The third-order valence-corrected chi connectivity index (χ3v) is 2.79. The first kappa shape index (κ1) is 14.6. The quantitative estimate of drug-likeness (QED) is 0.636. The second-order valence-electron chi connectivity index (χ2n) is 3.99. The van der Waals surface area contributed by atoms with Gasteiger partial charge in [0.15, 0.2) is 0 Å². The molecule has 0 saturated heterocycles. The normalized spacial score (nSPS) is 16.4. The molecule has 1 aliphatic rings. The van der Waals surface area contributed by atoms with Crippen molar-refractivity contribution < 1.29 is 8.42 Å². The molecule has 2 N–H and O–H groups in total. The minimum Gasteiger partial charge on any atom is -0.398 e. The lowest BCUT2D eigenvalue weighted by Gasteiger charge is -2.11. The van der Waals surface area contributed by atoms with E-state index in [1.165, 1.54) is 31.2 Å². The maximum absolute atomic E-state index is 9.16. The van der Waals surface area contributed by atoms with E-state index in [-0.39, 0.29) is 0 Å². The number of nitrogens with two attached hydrogens (primary N) is 1. The molecule has 1 aromatic rings. The summed E-state index contributed by atoms with van der Waals surface area (Å²) in [7, 11) is 4.81. The molecule has 0 amide bonds. The molecule has 1 fully saturated rings. The number of benzene rings is 1. The van der Waals surface area contributed by atoms with Gasteiger partial charge < -0.3 is 5.73 Å². The summed E-state index contributed by atoms with van der Waals surface area (Å²) in [5.41, 5.74) is 8.25. The molecule has 3 nitrogen and oxygen atoms in total. The van der Waals surface area contributed by atoms with Crippen LogP contribution in [0, 0.1) is 0 Å². The zero-order valence-electron chi connectivity index (χ0n) is 9.27. The molecule has 0 radical (unpaired) electrons. The van der Waals surface area contributed by atoms with E-state index in [1.807, 2.05) is 12.1 Å². The SMILES string of the molecule is Nc1ccccc1C1CCCC1.O=S(=O)(Cl)Cl. The Hall–Kier alpha value is -0.450. The highest BCUT2D eigenvalue weighted by molar-refractivity contribution is 8.31. The maximum Gasteiger partial charge on any atom is 0.317 e. The van der Waals surface area contributed by atoms with Gasteiger partial charge in [0.2, 0.25) is 0 Å². The molecular weight excluding hydrogens is 281 g/mol. The van der Waals surface area contributed by atoms with Crippen LogP contribution in [0.2, 0.25) is 0 Å². The monoisotopic (exact) mass is 295 g/mol. The number of anilines is 1. The van der Waals surface area contributed by atoms with Crippen LogP contribution in [0.15, 0.2) is 24.3 Å². The summed E-state index contributed by atoms with van der Waals surface area (Å²) in [6, 6.07) is 8.27. The van der Waals surface area contributed by atoms with Gasteiger partial charge in [-0.2, -0.15) is 8.42 Å². The minimum atomic E-state index is -3.72. The molecule has 0 atom stereocenters. The van der Waals surface area contributed by atoms with Crippen LogP contribution >= 0.6 is 21.4 Å². The van der Waals surface area contributed by atoms with E-state index in [0.29, 0.717) is 0 Å². The Morgan fingerprint density at radius 3 is 2.06 bits per heavy atom. The van der Waals surface area contributed by atoms with Crippen molar-refractivity contribution in [2.75, 3.05) is 5.73 Å². The van der Waals surface area contributed by atoms with E-state index in [2.05, 4.69) is 33.5 Å². The second-order valence-corrected chi connectivity index (χ2v) is 7.66. The van der Waals surface area contributed by atoms with E-state index in [4.69, 9.17) is 14.2 Å². The van der Waals surface area contributed by atoms with Crippen molar-refractivity contribution in [3.63, 3.8) is 0 Å². The summed E-state index contributed by atoms with van der Waals surface area (Å²) in [5.74, 6) is 0.742. The summed E-state index contributed by atoms with van der Waals surface area (Å²) >= 11 is 0. The lowest BCUT2D eigenvalue weighted by molar-refractivity contribution is 0.621. The molecule has 96 valence electrons. The number of halogens is 2. The Kier molecular flexibility index (Phi) is 5.56. The van der Waals surface area contributed by atoms with E-state index in [0.717, 1.165) is 11.6 Å². The van der Waals surface area contributed by atoms with Crippen LogP contribution in [0.1, 0.15) is 37.2 Å². The number of hydrogen-bond donors (Lipinski definition) is 1. The molecule has 0 unspecified atom stereocenters. The van der Waals surface area contributed by atoms with Crippen LogP contribution < -0.4 is 5.73 Å². The molecule has 0 aliphatic heterocycles. The standard InChI is InChI=1S/C11H15N.Cl2O2S/c12-11-8-4-3-7-10(11)9-5-1-2-6-9;1-5(2,3)4/h3-4,7-9H,1-2,5-6,12H2;. The fourth-order valence-electron chi connectivity index (χ4n) is 2.12. The Bertz CT molecular complexity index is 448. The van der Waals surface area contributed by atoms with Gasteiger partial charge in [-0.05, 0) is 30.4 Å². The zero-order chi connectivity index (χ0) is 12.9. The number of hydrogen-bond acceptors (Lipinski definition) is 3. The van der Waals surface area contributed by atoms with Crippen LogP contribution in [0.3, 0.4) is 0 Å². The van der Waals surface area contributed by atoms with E-state index in [1.54, 1.807) is 0 Å². The van der Waals surface area contributed by atoms with Crippen molar-refractivity contribution >= 4 is 35.3 Å². The molecular formula is C11H15Cl2NO2S. The lowest BCUT2D eigenvalue weighted by atomic mass is 9.96. The van der Waals surface area contributed by atoms with Gasteiger partial charge in [0, 0.05) is 27.1 Å². The first-order valence-electron chi connectivity index (χ1n) is 5.36. The molecule has 1 aliphatic carbocycles. The number of rotatable bonds is 1. The van der Waals surface area contributed by atoms with E-state index >= 15 is 0 Å². The van der Waals surface area contributed by atoms with Gasteiger partial charge in [-0.1, -0.05) is 31.0 Å². The highest BCUT2D eigenvalue weighted by Crippen LogP contribution is 2.36. The fourth-order valence-corrected chi connectivity index (χ4v) is 2.12. The fraction of sp³-hybridized carbons (Fsp3) is 0.455. The molecule has 1 aromatic carbocycles. The predicted molar refractivity (Wildman–Crippen MR) is 72.7 cm³/mol. The zero-order valence-corrected chi connectivity index (χ0v) is 11.6. The van der Waals surface area contributed by atoms with E-state index in [9.17, 15) is 0 Å². The van der Waals surface area contributed by atoms with Crippen molar-refractivity contribution in [1.82, 2.24) is 0 Å². The van der Waals surface area contributed by atoms with Gasteiger partial charge in [0.1, 0.15) is 0 Å². The molecule has 0 heterocycles. The Morgan fingerprint density at radius 1 is 1.12 bits per heavy atom. The van der Waals surface area contributed by atoms with Gasteiger partial charge in [-0.15, -0.1) is 0 Å². The molecule has 6 heteroatoms. The van der Waals surface area contributed by atoms with Crippen molar-refractivity contribution in [1.29, 1.82) is 0 Å². The van der Waals surface area contributed by atoms with Crippen LogP contribution in [-0.2, 0) is 8.26 Å². The first-order valence-corrected chi connectivity index (χ1v) is 8.50. The summed E-state index contributed by atoms with van der Waals surface area (Å²) in [5, 5.41) is 0.